The maximum atomic E-state index is 12.6. The van der Waals surface area contributed by atoms with E-state index in [1.807, 2.05) is 0 Å². The minimum Gasteiger partial charge on any atom is -0.497 e. The molecule has 1 amide bonds. The van der Waals surface area contributed by atoms with Crippen LogP contribution < -0.4 is 4.74 Å². The number of ether oxygens (including phenoxy) is 1. The average Bonchev–Trinajstić information content (AvgIpc) is 2.73. The maximum absolute atomic E-state index is 12.6. The number of benzene rings is 2. The Bertz CT molecular complexity index is 923. The lowest BCUT2D eigenvalue weighted by Gasteiger charge is -2.34. The van der Waals surface area contributed by atoms with Crippen molar-refractivity contribution in [3.05, 3.63) is 59.1 Å². The van der Waals surface area contributed by atoms with Crippen molar-refractivity contribution >= 4 is 27.3 Å². The molecule has 6 nitrogen and oxygen atoms in total. The van der Waals surface area contributed by atoms with E-state index in [2.05, 4.69) is 4.90 Å². The van der Waals surface area contributed by atoms with Gasteiger partial charge in [-0.25, -0.2) is 8.42 Å². The summed E-state index contributed by atoms with van der Waals surface area (Å²) in [7, 11) is -1.87. The first-order valence-electron chi connectivity index (χ1n) is 9.03. The van der Waals surface area contributed by atoms with E-state index in [1.165, 1.54) is 13.2 Å². The Hall–Kier alpha value is -2.09. The fourth-order valence-electron chi connectivity index (χ4n) is 3.11. The van der Waals surface area contributed by atoms with Crippen LogP contribution in [0, 0.1) is 0 Å². The van der Waals surface area contributed by atoms with E-state index in [0.29, 0.717) is 49.1 Å². The van der Waals surface area contributed by atoms with Crippen molar-refractivity contribution in [3.8, 4) is 5.75 Å². The monoisotopic (exact) mass is 422 g/mol. The number of halogens is 1. The second kappa shape index (κ2) is 8.94. The Morgan fingerprint density at radius 3 is 2.39 bits per heavy atom. The van der Waals surface area contributed by atoms with Gasteiger partial charge in [0.15, 0.2) is 9.84 Å². The first-order chi connectivity index (χ1) is 13.4. The van der Waals surface area contributed by atoms with Gasteiger partial charge >= 0.3 is 0 Å². The van der Waals surface area contributed by atoms with Gasteiger partial charge in [-0.05, 0) is 42.5 Å². The molecule has 0 bridgehead atoms. The van der Waals surface area contributed by atoms with Crippen LogP contribution in [0.5, 0.6) is 5.75 Å². The molecule has 2 aromatic rings. The van der Waals surface area contributed by atoms with Crippen LogP contribution in [0.1, 0.15) is 10.4 Å². The van der Waals surface area contributed by atoms with E-state index < -0.39 is 9.84 Å². The summed E-state index contributed by atoms with van der Waals surface area (Å²) in [5.41, 5.74) is 0.610. The highest BCUT2D eigenvalue weighted by Gasteiger charge is 2.24. The highest BCUT2D eigenvalue weighted by Crippen LogP contribution is 2.19. The van der Waals surface area contributed by atoms with Gasteiger partial charge in [-0.1, -0.05) is 17.7 Å². The largest absolute Gasteiger partial charge is 0.497 e. The third-order valence-corrected chi connectivity index (χ3v) is 6.77. The SMILES string of the molecule is COc1cccc(S(=O)(=O)CCN2CCN(C(=O)c3ccc(Cl)cc3)CC2)c1. The van der Waals surface area contributed by atoms with E-state index in [-0.39, 0.29) is 16.6 Å². The summed E-state index contributed by atoms with van der Waals surface area (Å²) in [5.74, 6) is 0.529. The molecule has 0 N–H and O–H groups in total. The number of sulfone groups is 1. The van der Waals surface area contributed by atoms with Crippen molar-refractivity contribution in [1.82, 2.24) is 9.80 Å². The van der Waals surface area contributed by atoms with E-state index in [4.69, 9.17) is 16.3 Å². The first kappa shape index (κ1) is 20.6. The van der Waals surface area contributed by atoms with Crippen LogP contribution in [0.15, 0.2) is 53.4 Å². The quantitative estimate of drug-likeness (QED) is 0.715. The molecule has 2 aromatic carbocycles. The standard InChI is InChI=1S/C20H23ClN2O4S/c1-27-18-3-2-4-19(15-18)28(25,26)14-13-22-9-11-23(12-10-22)20(24)16-5-7-17(21)8-6-16/h2-8,15H,9-14H2,1H3. The summed E-state index contributed by atoms with van der Waals surface area (Å²) in [6.45, 7) is 2.86. The lowest BCUT2D eigenvalue weighted by atomic mass is 10.2. The molecular weight excluding hydrogens is 400 g/mol. The molecule has 3 rings (SSSR count). The number of hydrogen-bond acceptors (Lipinski definition) is 5. The minimum atomic E-state index is -3.38. The van der Waals surface area contributed by atoms with Gasteiger partial charge in [-0.15, -0.1) is 0 Å². The average molecular weight is 423 g/mol. The number of carbonyl (C=O) groups excluding carboxylic acids is 1. The number of amides is 1. The van der Waals surface area contributed by atoms with Crippen molar-refractivity contribution < 1.29 is 17.9 Å². The van der Waals surface area contributed by atoms with Crippen molar-refractivity contribution in [2.75, 3.05) is 45.6 Å². The van der Waals surface area contributed by atoms with Crippen molar-refractivity contribution in [3.63, 3.8) is 0 Å². The maximum Gasteiger partial charge on any atom is 0.253 e. The van der Waals surface area contributed by atoms with Gasteiger partial charge in [-0.3, -0.25) is 9.69 Å². The molecule has 1 saturated heterocycles. The number of nitrogens with zero attached hydrogens (tertiary/aromatic N) is 2. The fraction of sp³-hybridized carbons (Fsp3) is 0.350. The lowest BCUT2D eigenvalue weighted by molar-refractivity contribution is 0.0644. The first-order valence-corrected chi connectivity index (χ1v) is 11.1. The van der Waals surface area contributed by atoms with E-state index >= 15 is 0 Å². The number of methoxy groups -OCH3 is 1. The van der Waals surface area contributed by atoms with Crippen molar-refractivity contribution in [1.29, 1.82) is 0 Å². The molecule has 1 heterocycles. The Kier molecular flexibility index (Phi) is 6.59. The van der Waals surface area contributed by atoms with Crippen LogP contribution >= 0.6 is 11.6 Å². The highest BCUT2D eigenvalue weighted by molar-refractivity contribution is 7.91. The summed E-state index contributed by atoms with van der Waals surface area (Å²) in [6.07, 6.45) is 0. The normalized spacial score (nSPS) is 15.4. The zero-order chi connectivity index (χ0) is 20.1. The molecule has 1 aliphatic heterocycles. The summed E-state index contributed by atoms with van der Waals surface area (Å²) in [5, 5.41) is 0.596. The Labute approximate surface area is 170 Å². The molecule has 0 atom stereocenters. The molecule has 0 aromatic heterocycles. The molecule has 150 valence electrons. The van der Waals surface area contributed by atoms with Crippen molar-refractivity contribution in [2.24, 2.45) is 0 Å². The van der Waals surface area contributed by atoms with Crippen LogP contribution in [0.3, 0.4) is 0 Å². The van der Waals surface area contributed by atoms with Crippen LogP contribution in [0.4, 0.5) is 0 Å². The molecule has 0 unspecified atom stereocenters. The van der Waals surface area contributed by atoms with E-state index in [1.54, 1.807) is 47.4 Å². The Balaban J connectivity index is 1.52. The highest BCUT2D eigenvalue weighted by atomic mass is 35.5. The summed E-state index contributed by atoms with van der Waals surface area (Å²) in [4.78, 5) is 16.7. The Morgan fingerprint density at radius 1 is 1.07 bits per heavy atom. The number of rotatable bonds is 6. The molecule has 1 aliphatic rings. The number of hydrogen-bond donors (Lipinski definition) is 0. The summed E-state index contributed by atoms with van der Waals surface area (Å²) < 4.78 is 30.2. The zero-order valence-electron chi connectivity index (χ0n) is 15.7. The lowest BCUT2D eigenvalue weighted by Crippen LogP contribution is -2.49. The van der Waals surface area contributed by atoms with Crippen LogP contribution in [0.25, 0.3) is 0 Å². The molecule has 1 fully saturated rings. The van der Waals surface area contributed by atoms with Gasteiger partial charge in [0.2, 0.25) is 0 Å². The summed E-state index contributed by atoms with van der Waals surface area (Å²) in [6, 6.07) is 13.4. The number of carbonyl (C=O) groups is 1. The second-order valence-corrected chi connectivity index (χ2v) is 9.18. The van der Waals surface area contributed by atoms with Crippen LogP contribution in [-0.4, -0.2) is 69.7 Å². The molecule has 0 radical (unpaired) electrons. The fourth-order valence-corrected chi connectivity index (χ4v) is 4.55. The van der Waals surface area contributed by atoms with Gasteiger partial charge < -0.3 is 9.64 Å². The molecule has 0 saturated carbocycles. The topological polar surface area (TPSA) is 66.9 Å². The predicted octanol–water partition coefficient (Wildman–Crippen LogP) is 2.58. The van der Waals surface area contributed by atoms with Gasteiger partial charge in [0.05, 0.1) is 17.8 Å². The molecule has 0 spiro atoms. The molecule has 8 heteroatoms. The van der Waals surface area contributed by atoms with Crippen molar-refractivity contribution in [2.45, 2.75) is 4.90 Å². The molecule has 28 heavy (non-hydrogen) atoms. The summed E-state index contributed by atoms with van der Waals surface area (Å²) >= 11 is 5.87. The van der Waals surface area contributed by atoms with Crippen LogP contribution in [0.2, 0.25) is 5.02 Å². The molecular formula is C20H23ClN2O4S. The van der Waals surface area contributed by atoms with Gasteiger partial charge in [0, 0.05) is 43.3 Å². The second-order valence-electron chi connectivity index (χ2n) is 6.64. The molecule has 0 aliphatic carbocycles. The van der Waals surface area contributed by atoms with Gasteiger partial charge in [-0.2, -0.15) is 0 Å². The van der Waals surface area contributed by atoms with E-state index in [0.717, 1.165) is 0 Å². The zero-order valence-corrected chi connectivity index (χ0v) is 17.2. The number of piperazine rings is 1. The third-order valence-electron chi connectivity index (χ3n) is 4.83. The van der Waals surface area contributed by atoms with E-state index in [9.17, 15) is 13.2 Å². The smallest absolute Gasteiger partial charge is 0.253 e. The predicted molar refractivity (Wildman–Crippen MR) is 109 cm³/mol. The minimum absolute atomic E-state index is 0.0275. The Morgan fingerprint density at radius 2 is 1.75 bits per heavy atom. The van der Waals surface area contributed by atoms with Crippen LogP contribution in [-0.2, 0) is 9.84 Å². The third kappa shape index (κ3) is 5.04. The van der Waals surface area contributed by atoms with Gasteiger partial charge in [0.1, 0.15) is 5.75 Å². The van der Waals surface area contributed by atoms with Gasteiger partial charge in [0.25, 0.3) is 5.91 Å².